The number of hydrogen-bond donors (Lipinski definition) is 0. The molecule has 0 bridgehead atoms. The second-order valence-electron chi connectivity index (χ2n) is 10.3. The SMILES string of the molecule is [2H]c1c([2H])c(-c2c3c([2H])c([2H])c([2H])c([2H])c3c(-c3c([2H])c([2H])c([2H])c4c([2H])c([2H])c([2H])c([2H])c34)c3c([2H])c([2H])c([2H])c([2H])c23)c([2H])c(-c2c([2H])c([2H])c([2H])c3oc4c5c([2H])c([2H])c([2H])c([2H])c5c([2H])c([2H])c4c23)c1[2H]. The lowest BCUT2D eigenvalue weighted by Gasteiger charge is -2.19. The van der Waals surface area contributed by atoms with Crippen molar-refractivity contribution < 1.29 is 42.8 Å². The van der Waals surface area contributed by atoms with Gasteiger partial charge >= 0.3 is 0 Å². The molecule has 0 saturated carbocycles. The van der Waals surface area contributed by atoms with E-state index in [-0.39, 0.29) is 0 Å². The zero-order valence-corrected chi connectivity index (χ0v) is 23.4. The Kier molecular flexibility index (Phi) is 2.31. The monoisotopic (exact) mass is 624 g/mol. The minimum absolute atomic E-state index is 0.451. The summed E-state index contributed by atoms with van der Waals surface area (Å²) in [5.74, 6) is 0. The Morgan fingerprint density at radius 1 is 0.362 bits per heavy atom. The largest absolute Gasteiger partial charge is 0.455 e. The molecule has 0 unspecified atom stereocenters. The zero-order valence-electron chi connectivity index (χ0n) is 51.4. The van der Waals surface area contributed by atoms with Crippen LogP contribution in [-0.4, -0.2) is 0 Å². The van der Waals surface area contributed by atoms with E-state index in [0.29, 0.717) is 0 Å². The lowest BCUT2D eigenvalue weighted by molar-refractivity contribution is 0.673. The average Bonchev–Trinajstić information content (AvgIpc) is 3.84. The van der Waals surface area contributed by atoms with Gasteiger partial charge in [0.25, 0.3) is 0 Å². The average molecular weight is 625 g/mol. The fraction of sp³-hybridized carbons (Fsp3) is 0. The molecule has 218 valence electrons. The molecule has 47 heavy (non-hydrogen) atoms. The first-order valence-corrected chi connectivity index (χ1v) is 13.9. The third kappa shape index (κ3) is 3.90. The minimum Gasteiger partial charge on any atom is -0.455 e. The van der Waals surface area contributed by atoms with Crippen LogP contribution in [0, 0.1) is 0 Å². The van der Waals surface area contributed by atoms with Gasteiger partial charge in [-0.2, -0.15) is 0 Å². The molecule has 0 N–H and O–H groups in total. The van der Waals surface area contributed by atoms with Crippen molar-refractivity contribution in [3.8, 4) is 33.4 Å². The molecule has 0 atom stereocenters. The van der Waals surface area contributed by atoms with Crippen LogP contribution in [0.4, 0.5) is 0 Å². The number of fused-ring (bicyclic) bond motifs is 8. The normalized spacial score (nSPS) is 20.2. The van der Waals surface area contributed by atoms with E-state index in [1.807, 2.05) is 0 Å². The van der Waals surface area contributed by atoms with Crippen molar-refractivity contribution in [3.63, 3.8) is 0 Å². The highest BCUT2D eigenvalue weighted by Crippen LogP contribution is 2.46. The maximum atomic E-state index is 10.0. The Bertz CT molecular complexity index is 4350. The highest BCUT2D eigenvalue weighted by atomic mass is 16.3. The maximum absolute atomic E-state index is 10.0. The number of benzene rings is 9. The molecule has 0 amide bonds. The fourth-order valence-electron chi connectivity index (χ4n) is 5.87. The quantitative estimate of drug-likeness (QED) is 0.178. The van der Waals surface area contributed by atoms with Gasteiger partial charge in [-0.05, 0) is 89.2 Å². The van der Waals surface area contributed by atoms with E-state index in [1.165, 1.54) is 0 Å². The molecule has 1 heterocycles. The number of hydrogen-bond acceptors (Lipinski definition) is 1. The van der Waals surface area contributed by atoms with Gasteiger partial charge in [0.05, 0.1) is 38.4 Å². The first-order valence-electron chi connectivity index (χ1n) is 27.9. The van der Waals surface area contributed by atoms with Gasteiger partial charge in [-0.1, -0.05) is 151 Å². The van der Waals surface area contributed by atoms with Crippen molar-refractivity contribution in [3.05, 3.63) is 169 Å². The highest BCUT2D eigenvalue weighted by Gasteiger charge is 2.19. The van der Waals surface area contributed by atoms with Crippen LogP contribution in [0.5, 0.6) is 0 Å². The summed E-state index contributed by atoms with van der Waals surface area (Å²) in [6, 6.07) is -26.2. The molecule has 0 radical (unpaired) electrons. The van der Waals surface area contributed by atoms with Gasteiger partial charge in [0.2, 0.25) is 0 Å². The second-order valence-corrected chi connectivity index (χ2v) is 10.3. The smallest absolute Gasteiger partial charge is 0.143 e. The Labute approximate surface area is 311 Å². The number of furan rings is 1. The maximum Gasteiger partial charge on any atom is 0.143 e. The van der Waals surface area contributed by atoms with Crippen LogP contribution in [0.1, 0.15) is 38.4 Å². The topological polar surface area (TPSA) is 13.1 Å². The molecule has 1 heteroatoms. The molecule has 0 aliphatic carbocycles. The van der Waals surface area contributed by atoms with E-state index >= 15 is 0 Å². The molecule has 1 nitrogen and oxygen atoms in total. The molecule has 0 saturated heterocycles. The van der Waals surface area contributed by atoms with Crippen LogP contribution < -0.4 is 0 Å². The highest BCUT2D eigenvalue weighted by molar-refractivity contribution is 6.24. The summed E-state index contributed by atoms with van der Waals surface area (Å²) < 4.78 is 259. The van der Waals surface area contributed by atoms with Crippen LogP contribution >= 0.6 is 0 Å². The summed E-state index contributed by atoms with van der Waals surface area (Å²) in [5.41, 5.74) is -5.93. The Morgan fingerprint density at radius 3 is 1.64 bits per heavy atom. The van der Waals surface area contributed by atoms with Gasteiger partial charge in [-0.3, -0.25) is 0 Å². The predicted octanol–water partition coefficient (Wildman–Crippen LogP) is 13.2. The summed E-state index contributed by atoms with van der Waals surface area (Å²) in [6.07, 6.45) is 0. The van der Waals surface area contributed by atoms with Gasteiger partial charge in [0, 0.05) is 16.2 Å². The van der Waals surface area contributed by atoms with Crippen LogP contribution in [0.2, 0.25) is 0 Å². The first-order chi connectivity index (χ1) is 35.0. The van der Waals surface area contributed by atoms with Crippen LogP contribution in [0.25, 0.3) is 98.4 Å². The van der Waals surface area contributed by atoms with Gasteiger partial charge in [-0.15, -0.1) is 0 Å². The summed E-state index contributed by atoms with van der Waals surface area (Å²) in [6.45, 7) is 0. The predicted molar refractivity (Wildman–Crippen MR) is 200 cm³/mol. The third-order valence-electron chi connectivity index (χ3n) is 7.81. The van der Waals surface area contributed by atoms with E-state index in [2.05, 4.69) is 0 Å². The fourth-order valence-corrected chi connectivity index (χ4v) is 5.87. The number of rotatable bonds is 3. The summed E-state index contributed by atoms with van der Waals surface area (Å²) in [4.78, 5) is 0. The second kappa shape index (κ2) is 10.2. The molecule has 1 aromatic heterocycles. The molecule has 9 aromatic carbocycles. The molecule has 0 fully saturated rings. The lowest BCUT2D eigenvalue weighted by Crippen LogP contribution is -1.92. The third-order valence-corrected chi connectivity index (χ3v) is 7.81. The first kappa shape index (κ1) is 10.7. The van der Waals surface area contributed by atoms with Crippen molar-refractivity contribution >= 4 is 65.0 Å². The van der Waals surface area contributed by atoms with Crippen molar-refractivity contribution in [1.82, 2.24) is 0 Å². The molecule has 0 spiro atoms. The minimum atomic E-state index is -1.10. The van der Waals surface area contributed by atoms with Gasteiger partial charge in [0.1, 0.15) is 11.2 Å². The van der Waals surface area contributed by atoms with E-state index in [4.69, 9.17) is 27.7 Å². The summed E-state index contributed by atoms with van der Waals surface area (Å²) in [7, 11) is 0. The molecule has 0 aliphatic rings. The molecule has 10 rings (SSSR count). The van der Waals surface area contributed by atoms with Crippen LogP contribution in [-0.2, 0) is 0 Å². The Hall–Kier alpha value is -6.18. The van der Waals surface area contributed by atoms with Crippen molar-refractivity contribution in [2.75, 3.05) is 0 Å². The molecule has 10 aromatic rings. The Morgan fingerprint density at radius 2 is 0.894 bits per heavy atom. The molecular weight excluding hydrogens is 569 g/mol. The van der Waals surface area contributed by atoms with E-state index in [9.17, 15) is 15.1 Å². The van der Waals surface area contributed by atoms with Crippen molar-refractivity contribution in [2.24, 2.45) is 0 Å². The van der Waals surface area contributed by atoms with Crippen LogP contribution in [0.3, 0.4) is 0 Å². The zero-order chi connectivity index (χ0) is 55.3. The van der Waals surface area contributed by atoms with E-state index in [1.54, 1.807) is 0 Å². The standard InChI is InChI=1S/C46H28O/c1-3-17-33-29(12-1)14-10-24-36(33)44-39-21-7-5-19-37(39)43(38-20-6-8-22-40(38)44)32-16-9-15-31(28-32)34-23-11-25-42-45(34)41-27-26-30-13-2-4-18-35(30)46(41)47-42/h1-28H/i1D,2D,3D,4D,5D,6D,7D,8D,9D,10D,11D,12D,13D,14D,15D,16D,17D,18D,19D,20D,21D,22D,23D,24D,25D,26D,27D,28D. The molecule has 0 aliphatic heterocycles. The van der Waals surface area contributed by atoms with Crippen LogP contribution in [0.15, 0.2) is 174 Å². The lowest BCUT2D eigenvalue weighted by atomic mass is 9.84. The van der Waals surface area contributed by atoms with Gasteiger partial charge < -0.3 is 4.42 Å². The van der Waals surface area contributed by atoms with Gasteiger partial charge in [0.15, 0.2) is 0 Å². The molecular formula is C46H28O. The Balaban J connectivity index is 1.51. The van der Waals surface area contributed by atoms with Gasteiger partial charge in [-0.25, -0.2) is 0 Å². The van der Waals surface area contributed by atoms with E-state index in [0.717, 1.165) is 0 Å². The van der Waals surface area contributed by atoms with Crippen molar-refractivity contribution in [1.29, 1.82) is 0 Å². The summed E-state index contributed by atoms with van der Waals surface area (Å²) in [5, 5.41) is -6.35. The van der Waals surface area contributed by atoms with Crippen molar-refractivity contribution in [2.45, 2.75) is 0 Å². The summed E-state index contributed by atoms with van der Waals surface area (Å²) >= 11 is 0. The van der Waals surface area contributed by atoms with E-state index < -0.39 is 268 Å².